The molecule has 1 aliphatic heterocycles. The number of aliphatic hydroxyl groups excluding tert-OH is 1. The van der Waals surface area contributed by atoms with E-state index in [2.05, 4.69) is 15.9 Å². The van der Waals surface area contributed by atoms with E-state index in [0.717, 1.165) is 53.6 Å². The van der Waals surface area contributed by atoms with Crippen molar-refractivity contribution in [2.45, 2.75) is 46.0 Å². The van der Waals surface area contributed by atoms with Crippen molar-refractivity contribution in [2.75, 3.05) is 13.2 Å². The molecule has 1 saturated heterocycles. The number of ether oxygens (including phenoxy) is 1. The Morgan fingerprint density at radius 2 is 1.75 bits per heavy atom. The molecule has 4 heteroatoms. The summed E-state index contributed by atoms with van der Waals surface area (Å²) in [6.07, 6.45) is 4.34. The number of rotatable bonds is 3. The van der Waals surface area contributed by atoms with E-state index in [0.29, 0.717) is 24.3 Å². The SMILES string of the molecule is Cc1cc(Br)cc(C)c1C1=C(O)CC(CC2CCOCC2)CC1=O. The van der Waals surface area contributed by atoms with Gasteiger partial charge in [-0.2, -0.15) is 0 Å². The van der Waals surface area contributed by atoms with Crippen molar-refractivity contribution in [2.24, 2.45) is 11.8 Å². The fourth-order valence-corrected chi connectivity index (χ4v) is 4.87. The number of hydrogen-bond donors (Lipinski definition) is 1. The summed E-state index contributed by atoms with van der Waals surface area (Å²) in [5.41, 5.74) is 3.50. The maximum absolute atomic E-state index is 12.8. The quantitative estimate of drug-likeness (QED) is 0.774. The van der Waals surface area contributed by atoms with Crippen LogP contribution in [0.1, 0.15) is 48.8 Å². The van der Waals surface area contributed by atoms with Gasteiger partial charge in [-0.15, -0.1) is 0 Å². The summed E-state index contributed by atoms with van der Waals surface area (Å²) in [5, 5.41) is 10.6. The molecule has 1 unspecified atom stereocenters. The fraction of sp³-hybridized carbons (Fsp3) is 0.550. The lowest BCUT2D eigenvalue weighted by atomic mass is 9.77. The number of allylic oxidation sites excluding steroid dienone is 2. The van der Waals surface area contributed by atoms with Crippen LogP contribution >= 0.6 is 15.9 Å². The standard InChI is InChI=1S/C20H25BrO3/c1-12-7-16(21)8-13(2)19(12)20-17(22)10-15(11-18(20)23)9-14-3-5-24-6-4-14/h7-8,14-15,22H,3-6,9-11H2,1-2H3. The van der Waals surface area contributed by atoms with Gasteiger partial charge in [-0.25, -0.2) is 0 Å². The lowest BCUT2D eigenvalue weighted by Gasteiger charge is -2.30. The van der Waals surface area contributed by atoms with Gasteiger partial charge in [0.2, 0.25) is 0 Å². The largest absolute Gasteiger partial charge is 0.512 e. The molecule has 130 valence electrons. The van der Waals surface area contributed by atoms with Crippen LogP contribution in [0.2, 0.25) is 0 Å². The molecule has 1 heterocycles. The first kappa shape index (κ1) is 17.7. The number of hydrogen-bond acceptors (Lipinski definition) is 3. The number of ketones is 1. The molecule has 0 saturated carbocycles. The van der Waals surface area contributed by atoms with Crippen molar-refractivity contribution in [3.05, 3.63) is 39.1 Å². The zero-order valence-corrected chi connectivity index (χ0v) is 16.0. The molecule has 1 aromatic carbocycles. The number of aliphatic hydroxyl groups is 1. The maximum Gasteiger partial charge on any atom is 0.167 e. The zero-order valence-electron chi connectivity index (χ0n) is 14.4. The van der Waals surface area contributed by atoms with E-state index in [1.165, 1.54) is 0 Å². The Labute approximate surface area is 152 Å². The average Bonchev–Trinajstić information content (AvgIpc) is 2.50. The van der Waals surface area contributed by atoms with Gasteiger partial charge in [-0.05, 0) is 73.8 Å². The van der Waals surface area contributed by atoms with Gasteiger partial charge < -0.3 is 9.84 Å². The van der Waals surface area contributed by atoms with Gasteiger partial charge in [0.1, 0.15) is 5.76 Å². The molecule has 24 heavy (non-hydrogen) atoms. The Kier molecular flexibility index (Phi) is 5.46. The molecule has 1 fully saturated rings. The van der Waals surface area contributed by atoms with Crippen LogP contribution in [-0.2, 0) is 9.53 Å². The van der Waals surface area contributed by atoms with Crippen molar-refractivity contribution in [3.8, 4) is 0 Å². The lowest BCUT2D eigenvalue weighted by Crippen LogP contribution is -2.24. The van der Waals surface area contributed by atoms with Crippen molar-refractivity contribution >= 4 is 27.3 Å². The van der Waals surface area contributed by atoms with Crippen molar-refractivity contribution in [1.29, 1.82) is 0 Å². The van der Waals surface area contributed by atoms with Gasteiger partial charge >= 0.3 is 0 Å². The Bertz CT molecular complexity index is 648. The Morgan fingerprint density at radius 1 is 1.12 bits per heavy atom. The van der Waals surface area contributed by atoms with Gasteiger partial charge in [-0.3, -0.25) is 4.79 Å². The molecular formula is C20H25BrO3. The first-order chi connectivity index (χ1) is 11.5. The van der Waals surface area contributed by atoms with Crippen molar-refractivity contribution in [1.82, 2.24) is 0 Å². The molecule has 1 N–H and O–H groups in total. The van der Waals surface area contributed by atoms with Crippen LogP contribution in [0, 0.1) is 25.7 Å². The van der Waals surface area contributed by atoms with Crippen molar-refractivity contribution in [3.63, 3.8) is 0 Å². The van der Waals surface area contributed by atoms with E-state index >= 15 is 0 Å². The molecule has 3 nitrogen and oxygen atoms in total. The average molecular weight is 393 g/mol. The molecule has 2 aliphatic rings. The van der Waals surface area contributed by atoms with Crippen LogP contribution in [0.4, 0.5) is 0 Å². The third-order valence-electron chi connectivity index (χ3n) is 5.28. The minimum Gasteiger partial charge on any atom is -0.512 e. The smallest absolute Gasteiger partial charge is 0.167 e. The number of benzene rings is 1. The molecular weight excluding hydrogens is 368 g/mol. The van der Waals surface area contributed by atoms with Gasteiger partial charge in [-0.1, -0.05) is 15.9 Å². The maximum atomic E-state index is 12.8. The fourth-order valence-electron chi connectivity index (χ4n) is 4.18. The number of carbonyl (C=O) groups excluding carboxylic acids is 1. The summed E-state index contributed by atoms with van der Waals surface area (Å²) in [6.45, 7) is 5.65. The second kappa shape index (κ2) is 7.40. The molecule has 1 aliphatic carbocycles. The summed E-state index contributed by atoms with van der Waals surface area (Å²) in [6, 6.07) is 4.01. The highest BCUT2D eigenvalue weighted by Crippen LogP contribution is 2.39. The molecule has 0 spiro atoms. The number of aryl methyl sites for hydroxylation is 2. The summed E-state index contributed by atoms with van der Waals surface area (Å²) in [7, 11) is 0. The minimum absolute atomic E-state index is 0.0873. The number of carbonyl (C=O) groups is 1. The van der Waals surface area contributed by atoms with Crippen LogP contribution in [0.15, 0.2) is 22.4 Å². The second-order valence-corrected chi connectivity index (χ2v) is 8.14. The second-order valence-electron chi connectivity index (χ2n) is 7.23. The monoisotopic (exact) mass is 392 g/mol. The molecule has 0 bridgehead atoms. The van der Waals surface area contributed by atoms with Gasteiger partial charge in [0.15, 0.2) is 5.78 Å². The van der Waals surface area contributed by atoms with E-state index in [9.17, 15) is 9.90 Å². The van der Waals surface area contributed by atoms with Crippen LogP contribution in [0.5, 0.6) is 0 Å². The summed E-state index contributed by atoms with van der Waals surface area (Å²) in [4.78, 5) is 12.8. The van der Waals surface area contributed by atoms with Crippen molar-refractivity contribution < 1.29 is 14.6 Å². The van der Waals surface area contributed by atoms with E-state index in [1.807, 2.05) is 26.0 Å². The van der Waals surface area contributed by atoms with Gasteiger partial charge in [0, 0.05) is 30.5 Å². The summed E-state index contributed by atoms with van der Waals surface area (Å²) < 4.78 is 6.41. The van der Waals surface area contributed by atoms with E-state index in [4.69, 9.17) is 4.74 Å². The van der Waals surface area contributed by atoms with Crippen LogP contribution in [-0.4, -0.2) is 24.1 Å². The summed E-state index contributed by atoms with van der Waals surface area (Å²) in [5.74, 6) is 1.25. The molecule has 0 radical (unpaired) electrons. The first-order valence-corrected chi connectivity index (χ1v) is 9.55. The Hall–Kier alpha value is -1.13. The molecule has 1 atom stereocenters. The summed E-state index contributed by atoms with van der Waals surface area (Å²) >= 11 is 3.49. The highest BCUT2D eigenvalue weighted by Gasteiger charge is 2.31. The zero-order chi connectivity index (χ0) is 17.3. The van der Waals surface area contributed by atoms with E-state index in [-0.39, 0.29) is 17.5 Å². The third kappa shape index (κ3) is 3.75. The van der Waals surface area contributed by atoms with Crippen LogP contribution in [0.25, 0.3) is 5.57 Å². The number of Topliss-reactive ketones (excluding diaryl/α,β-unsaturated/α-hetero) is 1. The normalized spacial score (nSPS) is 23.0. The molecule has 0 amide bonds. The number of halogens is 1. The van der Waals surface area contributed by atoms with Crippen LogP contribution < -0.4 is 0 Å². The van der Waals surface area contributed by atoms with E-state index in [1.54, 1.807) is 0 Å². The van der Waals surface area contributed by atoms with E-state index < -0.39 is 0 Å². The van der Waals surface area contributed by atoms with Gasteiger partial charge in [0.05, 0.1) is 5.57 Å². The third-order valence-corrected chi connectivity index (χ3v) is 5.74. The lowest BCUT2D eigenvalue weighted by molar-refractivity contribution is -0.115. The molecule has 1 aromatic rings. The first-order valence-electron chi connectivity index (χ1n) is 8.76. The molecule has 0 aromatic heterocycles. The highest BCUT2D eigenvalue weighted by molar-refractivity contribution is 9.10. The predicted molar refractivity (Wildman–Crippen MR) is 99.1 cm³/mol. The predicted octanol–water partition coefficient (Wildman–Crippen LogP) is 5.13. The van der Waals surface area contributed by atoms with Crippen LogP contribution in [0.3, 0.4) is 0 Å². The highest BCUT2D eigenvalue weighted by atomic mass is 79.9. The topological polar surface area (TPSA) is 46.5 Å². The Balaban J connectivity index is 1.82. The van der Waals surface area contributed by atoms with Gasteiger partial charge in [0.25, 0.3) is 0 Å². The molecule has 3 rings (SSSR count). The Morgan fingerprint density at radius 3 is 2.33 bits per heavy atom. The minimum atomic E-state index is 0.0873.